The fraction of sp³-hybridized carbons (Fsp3) is 0.111. The highest BCUT2D eigenvalue weighted by Gasteiger charge is 2.05. The quantitative estimate of drug-likeness (QED) is 0.702. The Morgan fingerprint density at radius 1 is 1.09 bits per heavy atom. The molecule has 0 aliphatic heterocycles. The summed E-state index contributed by atoms with van der Waals surface area (Å²) < 4.78 is 7.71. The summed E-state index contributed by atoms with van der Waals surface area (Å²) in [6, 6.07) is 18.7. The molecule has 3 aromatic rings. The Morgan fingerprint density at radius 2 is 1.87 bits per heavy atom. The summed E-state index contributed by atoms with van der Waals surface area (Å²) in [6.07, 6.45) is 0. The van der Waals surface area contributed by atoms with E-state index in [4.69, 9.17) is 4.74 Å². The number of halogens is 1. The van der Waals surface area contributed by atoms with E-state index in [1.54, 1.807) is 19.2 Å². The van der Waals surface area contributed by atoms with Crippen molar-refractivity contribution in [2.45, 2.75) is 6.54 Å². The molecule has 0 aliphatic carbocycles. The molecule has 0 saturated carbocycles. The first-order valence-electron chi connectivity index (χ1n) is 7.13. The van der Waals surface area contributed by atoms with Crippen LogP contribution in [0.3, 0.4) is 0 Å². The second-order valence-electron chi connectivity index (χ2n) is 5.07. The van der Waals surface area contributed by atoms with E-state index < -0.39 is 0 Å². The van der Waals surface area contributed by atoms with Gasteiger partial charge in [0.2, 0.25) is 0 Å². The first kappa shape index (κ1) is 15.5. The summed E-state index contributed by atoms with van der Waals surface area (Å²) in [5.74, 6) is 0.759. The first-order chi connectivity index (χ1) is 11.2. The summed E-state index contributed by atoms with van der Waals surface area (Å²) in [5, 5.41) is 4.47. The third-order valence-corrected chi connectivity index (χ3v) is 4.01. The van der Waals surface area contributed by atoms with Gasteiger partial charge in [-0.1, -0.05) is 40.2 Å². The van der Waals surface area contributed by atoms with Crippen LogP contribution in [-0.2, 0) is 6.54 Å². The van der Waals surface area contributed by atoms with E-state index in [0.717, 1.165) is 27.0 Å². The molecule has 0 N–H and O–H groups in total. The topological polar surface area (TPSA) is 44.1 Å². The Labute approximate surface area is 142 Å². The Morgan fingerprint density at radius 3 is 2.61 bits per heavy atom. The van der Waals surface area contributed by atoms with E-state index in [0.29, 0.717) is 6.54 Å². The Hall–Kier alpha value is -2.40. The molecule has 0 unspecified atom stereocenters. The van der Waals surface area contributed by atoms with Gasteiger partial charge in [0.05, 0.1) is 19.3 Å². The predicted molar refractivity (Wildman–Crippen MR) is 93.7 cm³/mol. The molecule has 0 spiro atoms. The van der Waals surface area contributed by atoms with Gasteiger partial charge in [-0.05, 0) is 35.9 Å². The molecule has 5 heteroatoms. The van der Waals surface area contributed by atoms with Gasteiger partial charge in [0.15, 0.2) is 0 Å². The molecule has 23 heavy (non-hydrogen) atoms. The normalized spacial score (nSPS) is 10.5. The second-order valence-corrected chi connectivity index (χ2v) is 5.99. The van der Waals surface area contributed by atoms with E-state index >= 15 is 0 Å². The molecule has 1 heterocycles. The largest absolute Gasteiger partial charge is 0.497 e. The van der Waals surface area contributed by atoms with Crippen LogP contribution in [0, 0.1) is 0 Å². The Balaban J connectivity index is 1.95. The number of nitrogens with zero attached hydrogens (tertiary/aromatic N) is 2. The zero-order valence-corrected chi connectivity index (χ0v) is 14.2. The third-order valence-electron chi connectivity index (χ3n) is 3.48. The Kier molecular flexibility index (Phi) is 4.57. The molecule has 0 saturated heterocycles. The predicted octanol–water partition coefficient (Wildman–Crippen LogP) is 3.73. The molecule has 0 atom stereocenters. The average Bonchev–Trinajstić information content (AvgIpc) is 2.59. The highest BCUT2D eigenvalue weighted by Crippen LogP contribution is 2.21. The number of hydrogen-bond acceptors (Lipinski definition) is 3. The summed E-state index contributed by atoms with van der Waals surface area (Å²) in [6.45, 7) is 0.434. The van der Waals surface area contributed by atoms with Crippen molar-refractivity contribution in [1.82, 2.24) is 9.78 Å². The molecule has 0 radical (unpaired) electrons. The van der Waals surface area contributed by atoms with E-state index in [9.17, 15) is 4.79 Å². The SMILES string of the molecule is COc1cccc(-c2ccc(=O)n(Cc3ccc(Br)cc3)n2)c1. The smallest absolute Gasteiger partial charge is 0.267 e. The molecule has 116 valence electrons. The van der Waals surface area contributed by atoms with Gasteiger partial charge in [-0.2, -0.15) is 5.10 Å². The van der Waals surface area contributed by atoms with Gasteiger partial charge >= 0.3 is 0 Å². The zero-order chi connectivity index (χ0) is 16.2. The van der Waals surface area contributed by atoms with Crippen LogP contribution in [0.2, 0.25) is 0 Å². The van der Waals surface area contributed by atoms with E-state index in [1.165, 1.54) is 4.68 Å². The fourth-order valence-corrected chi connectivity index (χ4v) is 2.53. The average molecular weight is 371 g/mol. The van der Waals surface area contributed by atoms with E-state index in [1.807, 2.05) is 48.5 Å². The van der Waals surface area contributed by atoms with Gasteiger partial charge in [-0.25, -0.2) is 4.68 Å². The van der Waals surface area contributed by atoms with Crippen LogP contribution in [0.25, 0.3) is 11.3 Å². The molecule has 0 aliphatic rings. The summed E-state index contributed by atoms with van der Waals surface area (Å²) in [5.41, 5.74) is 2.54. The molecule has 1 aromatic heterocycles. The number of rotatable bonds is 4. The zero-order valence-electron chi connectivity index (χ0n) is 12.6. The Bertz CT molecular complexity index is 873. The molecule has 0 bridgehead atoms. The number of aromatic nitrogens is 2. The maximum atomic E-state index is 12.1. The standard InChI is InChI=1S/C18H15BrN2O2/c1-23-16-4-2-3-14(11-16)17-9-10-18(22)21(20-17)12-13-5-7-15(19)8-6-13/h2-11H,12H2,1H3. The van der Waals surface area contributed by atoms with Crippen LogP contribution < -0.4 is 10.3 Å². The number of hydrogen-bond donors (Lipinski definition) is 0. The van der Waals surface area contributed by atoms with Crippen molar-refractivity contribution in [3.05, 3.63) is 81.1 Å². The van der Waals surface area contributed by atoms with Crippen molar-refractivity contribution in [3.8, 4) is 17.0 Å². The lowest BCUT2D eigenvalue weighted by atomic mass is 10.1. The molecule has 2 aromatic carbocycles. The van der Waals surface area contributed by atoms with Crippen molar-refractivity contribution >= 4 is 15.9 Å². The van der Waals surface area contributed by atoms with Gasteiger partial charge in [0.1, 0.15) is 5.75 Å². The van der Waals surface area contributed by atoms with Crippen LogP contribution in [0.15, 0.2) is 69.9 Å². The van der Waals surface area contributed by atoms with Crippen LogP contribution in [0.5, 0.6) is 5.75 Å². The number of benzene rings is 2. The van der Waals surface area contributed by atoms with Gasteiger partial charge in [-0.15, -0.1) is 0 Å². The summed E-state index contributed by atoms with van der Waals surface area (Å²) in [7, 11) is 1.63. The van der Waals surface area contributed by atoms with Crippen molar-refractivity contribution in [2.24, 2.45) is 0 Å². The van der Waals surface area contributed by atoms with Gasteiger partial charge < -0.3 is 4.74 Å². The van der Waals surface area contributed by atoms with Gasteiger partial charge in [-0.3, -0.25) is 4.79 Å². The van der Waals surface area contributed by atoms with Crippen molar-refractivity contribution in [2.75, 3.05) is 7.11 Å². The molecular weight excluding hydrogens is 356 g/mol. The van der Waals surface area contributed by atoms with Crippen LogP contribution >= 0.6 is 15.9 Å². The van der Waals surface area contributed by atoms with E-state index in [-0.39, 0.29) is 5.56 Å². The van der Waals surface area contributed by atoms with E-state index in [2.05, 4.69) is 21.0 Å². The van der Waals surface area contributed by atoms with Crippen LogP contribution in [-0.4, -0.2) is 16.9 Å². The van der Waals surface area contributed by atoms with Crippen LogP contribution in [0.4, 0.5) is 0 Å². The van der Waals surface area contributed by atoms with Crippen LogP contribution in [0.1, 0.15) is 5.56 Å². The van der Waals surface area contributed by atoms with Gasteiger partial charge in [0.25, 0.3) is 5.56 Å². The summed E-state index contributed by atoms with van der Waals surface area (Å²) >= 11 is 3.41. The van der Waals surface area contributed by atoms with Crippen molar-refractivity contribution in [1.29, 1.82) is 0 Å². The maximum Gasteiger partial charge on any atom is 0.267 e. The fourth-order valence-electron chi connectivity index (χ4n) is 2.26. The minimum atomic E-state index is -0.125. The minimum absolute atomic E-state index is 0.125. The minimum Gasteiger partial charge on any atom is -0.497 e. The number of ether oxygens (including phenoxy) is 1. The van der Waals surface area contributed by atoms with Gasteiger partial charge in [0, 0.05) is 16.1 Å². The maximum absolute atomic E-state index is 12.1. The molecular formula is C18H15BrN2O2. The molecule has 0 fully saturated rings. The second kappa shape index (κ2) is 6.79. The highest BCUT2D eigenvalue weighted by atomic mass is 79.9. The molecule has 3 rings (SSSR count). The molecule has 0 amide bonds. The third kappa shape index (κ3) is 3.68. The lowest BCUT2D eigenvalue weighted by Gasteiger charge is -2.08. The first-order valence-corrected chi connectivity index (χ1v) is 7.92. The molecule has 4 nitrogen and oxygen atoms in total. The monoisotopic (exact) mass is 370 g/mol. The lowest BCUT2D eigenvalue weighted by Crippen LogP contribution is -2.22. The number of methoxy groups -OCH3 is 1. The van der Waals surface area contributed by atoms with Crippen molar-refractivity contribution < 1.29 is 4.74 Å². The highest BCUT2D eigenvalue weighted by molar-refractivity contribution is 9.10. The van der Waals surface area contributed by atoms with Crippen molar-refractivity contribution in [3.63, 3.8) is 0 Å². The lowest BCUT2D eigenvalue weighted by molar-refractivity contribution is 0.415. The summed E-state index contributed by atoms with van der Waals surface area (Å²) in [4.78, 5) is 12.1.